The molecule has 12 rings (SSSR count). The molecule has 1 aliphatic heterocycles. The van der Waals surface area contributed by atoms with Crippen LogP contribution in [0.1, 0.15) is 54.2 Å². The number of benzene rings is 8. The minimum absolute atomic E-state index is 0. The zero-order chi connectivity index (χ0) is 47.0. The second-order valence-electron chi connectivity index (χ2n) is 19.2. The molecule has 0 fully saturated rings. The van der Waals surface area contributed by atoms with Gasteiger partial charge in [0.2, 0.25) is 0 Å². The van der Waals surface area contributed by atoms with Gasteiger partial charge in [-0.2, -0.15) is 12.1 Å². The zero-order valence-electron chi connectivity index (χ0n) is 39.9. The molecule has 1 aliphatic rings. The van der Waals surface area contributed by atoms with E-state index >= 15 is 0 Å². The fourth-order valence-electron chi connectivity index (χ4n) is 10.5. The van der Waals surface area contributed by atoms with E-state index in [-0.39, 0.29) is 26.5 Å². The van der Waals surface area contributed by atoms with Gasteiger partial charge in [-0.1, -0.05) is 153 Å². The van der Waals surface area contributed by atoms with Crippen LogP contribution in [-0.2, 0) is 26.5 Å². The molecule has 0 bridgehead atoms. The minimum Gasteiger partial charge on any atom is -0.509 e. The third-order valence-electron chi connectivity index (χ3n) is 13.4. The minimum atomic E-state index is -0.0947. The van der Waals surface area contributed by atoms with Crippen molar-refractivity contribution in [1.29, 1.82) is 0 Å². The molecule has 7 heteroatoms. The van der Waals surface area contributed by atoms with E-state index in [1.165, 1.54) is 33.0 Å². The number of ether oxygens (including phenoxy) is 1. The number of pyridine rings is 1. The fraction of sp³-hybridized carbons (Fsp3) is 0.111. The van der Waals surface area contributed by atoms with E-state index in [4.69, 9.17) is 9.72 Å². The summed E-state index contributed by atoms with van der Waals surface area (Å²) in [5, 5.41) is 4.53. The number of anilines is 2. The Labute approximate surface area is 424 Å². The summed E-state index contributed by atoms with van der Waals surface area (Å²) in [5.41, 5.74) is 16.4. The monoisotopic (exact) mass is 1090 g/mol. The largest absolute Gasteiger partial charge is 0.509 e. The molecular formula is C63H50N5OPt-3. The molecule has 0 N–H and O–H groups in total. The Balaban J connectivity index is 0.00000533. The van der Waals surface area contributed by atoms with Crippen LogP contribution in [0.3, 0.4) is 0 Å². The number of hydrogen-bond acceptors (Lipinski definition) is 4. The summed E-state index contributed by atoms with van der Waals surface area (Å²) >= 11 is 0. The van der Waals surface area contributed by atoms with Crippen LogP contribution in [0.2, 0.25) is 0 Å². The summed E-state index contributed by atoms with van der Waals surface area (Å²) in [4.78, 5) is 9.70. The van der Waals surface area contributed by atoms with Crippen molar-refractivity contribution in [3.63, 3.8) is 0 Å². The second-order valence-corrected chi connectivity index (χ2v) is 19.2. The van der Waals surface area contributed by atoms with Crippen LogP contribution in [0.4, 0.5) is 11.4 Å². The smallest absolute Gasteiger partial charge is 0.135 e. The quantitative estimate of drug-likeness (QED) is 0.142. The van der Waals surface area contributed by atoms with Crippen molar-refractivity contribution in [3.8, 4) is 23.0 Å². The van der Waals surface area contributed by atoms with E-state index in [1.54, 1.807) is 0 Å². The molecule has 0 atom stereocenters. The first-order chi connectivity index (χ1) is 33.6. The first-order valence-electron chi connectivity index (χ1n) is 23.6. The van der Waals surface area contributed by atoms with Crippen LogP contribution in [-0.4, -0.2) is 14.1 Å². The van der Waals surface area contributed by atoms with Gasteiger partial charge in [0.05, 0.1) is 16.6 Å². The summed E-state index contributed by atoms with van der Waals surface area (Å²) in [7, 11) is 0. The molecule has 11 aromatic rings. The predicted octanol–water partition coefficient (Wildman–Crippen LogP) is 15.9. The maximum Gasteiger partial charge on any atom is 0.135 e. The number of aryl methyl sites for hydroxylation is 3. The first-order valence-corrected chi connectivity index (χ1v) is 23.6. The molecule has 0 saturated heterocycles. The Hall–Kier alpha value is -7.66. The van der Waals surface area contributed by atoms with Crippen LogP contribution in [0.5, 0.6) is 11.5 Å². The molecule has 4 heterocycles. The second kappa shape index (κ2) is 17.7. The normalized spacial score (nSPS) is 13.0. The van der Waals surface area contributed by atoms with Crippen molar-refractivity contribution in [2.75, 3.05) is 9.80 Å². The zero-order valence-corrected chi connectivity index (χ0v) is 42.2. The van der Waals surface area contributed by atoms with E-state index in [2.05, 4.69) is 243 Å². The number of para-hydroxylation sites is 2. The van der Waals surface area contributed by atoms with Crippen LogP contribution in [0.15, 0.2) is 188 Å². The van der Waals surface area contributed by atoms with Crippen LogP contribution >= 0.6 is 0 Å². The maximum atomic E-state index is 6.88. The van der Waals surface area contributed by atoms with E-state index in [9.17, 15) is 0 Å². The first kappa shape index (κ1) is 44.8. The Morgan fingerprint density at radius 1 is 0.529 bits per heavy atom. The predicted molar refractivity (Wildman–Crippen MR) is 285 cm³/mol. The topological polar surface area (TPSA) is 38.5 Å². The summed E-state index contributed by atoms with van der Waals surface area (Å²) in [6.45, 7) is 15.5. The van der Waals surface area contributed by atoms with E-state index in [0.29, 0.717) is 11.5 Å². The third-order valence-corrected chi connectivity index (χ3v) is 13.4. The Bertz CT molecular complexity index is 3790. The van der Waals surface area contributed by atoms with Crippen molar-refractivity contribution in [2.45, 2.75) is 47.0 Å². The van der Waals surface area contributed by atoms with Gasteiger partial charge in [0, 0.05) is 72.3 Å². The van der Waals surface area contributed by atoms with Gasteiger partial charge >= 0.3 is 0 Å². The molecule has 0 spiro atoms. The average Bonchev–Trinajstić information content (AvgIpc) is 4.03. The molecular weight excluding hydrogens is 1040 g/mol. The van der Waals surface area contributed by atoms with Crippen molar-refractivity contribution in [2.24, 2.45) is 0 Å². The number of fused-ring (bicyclic) bond motifs is 7. The Kier molecular flexibility index (Phi) is 11.3. The van der Waals surface area contributed by atoms with Crippen LogP contribution in [0.25, 0.3) is 66.5 Å². The van der Waals surface area contributed by atoms with Crippen molar-refractivity contribution in [1.82, 2.24) is 14.1 Å². The van der Waals surface area contributed by atoms with Gasteiger partial charge < -0.3 is 23.7 Å². The molecule has 8 aromatic carbocycles. The molecule has 6 nitrogen and oxygen atoms in total. The van der Waals surface area contributed by atoms with Gasteiger partial charge in [0.1, 0.15) is 5.82 Å². The van der Waals surface area contributed by atoms with Gasteiger partial charge in [-0.05, 0) is 89.7 Å². The van der Waals surface area contributed by atoms with Gasteiger partial charge in [-0.25, -0.2) is 4.98 Å². The van der Waals surface area contributed by atoms with Crippen molar-refractivity contribution < 1.29 is 25.8 Å². The fourth-order valence-corrected chi connectivity index (χ4v) is 10.5. The molecule has 3 aromatic heterocycles. The summed E-state index contributed by atoms with van der Waals surface area (Å²) in [5.74, 6) is 1.98. The number of aromatic nitrogens is 3. The summed E-state index contributed by atoms with van der Waals surface area (Å²) < 4.78 is 11.6. The number of rotatable bonds is 8. The molecule has 0 amide bonds. The SMILES string of the molecule is Cc1cc(C)c(N2[CH-]N(c3[c-]c(Oc4[c-]c5c(cc4)c4ccc6c7ccccc7n(-c7ccccc7)c6c4n5-c4cc(C(C)(C)C)ccn4)ccc3)C(c3ccccc3)=C2c2ccccc2)c(C)c1.[Pt]. The summed E-state index contributed by atoms with van der Waals surface area (Å²) in [6.07, 6.45) is 1.93. The Morgan fingerprint density at radius 3 is 1.80 bits per heavy atom. The van der Waals surface area contributed by atoms with Gasteiger partial charge in [-0.3, -0.25) is 0 Å². The summed E-state index contributed by atoms with van der Waals surface area (Å²) in [6, 6.07) is 71.8. The third kappa shape index (κ3) is 7.59. The van der Waals surface area contributed by atoms with E-state index in [1.807, 2.05) is 24.4 Å². The number of nitrogens with zero attached hydrogens (tertiary/aromatic N) is 5. The van der Waals surface area contributed by atoms with Gasteiger partial charge in [0.25, 0.3) is 0 Å². The molecule has 346 valence electrons. The van der Waals surface area contributed by atoms with Gasteiger partial charge in [-0.15, -0.1) is 48.1 Å². The van der Waals surface area contributed by atoms with Crippen molar-refractivity contribution in [3.05, 3.63) is 240 Å². The average molecular weight is 1090 g/mol. The molecule has 0 saturated carbocycles. The Morgan fingerprint density at radius 2 is 1.11 bits per heavy atom. The van der Waals surface area contributed by atoms with Gasteiger partial charge in [0.15, 0.2) is 0 Å². The molecule has 70 heavy (non-hydrogen) atoms. The maximum absolute atomic E-state index is 6.88. The molecule has 0 unspecified atom stereocenters. The van der Waals surface area contributed by atoms with E-state index in [0.717, 1.165) is 78.2 Å². The standard InChI is InChI=1S/C63H50N5O.Pt/c1-41-35-42(2)58(43(3)36-41)66-40-65(59(44-19-10-7-11-20-44)60(66)45-21-12-8-13-22-45)48-25-18-26-49(38-48)69-50-29-30-52-54-32-31-53-51-27-16-17-28-55(51)67(47-23-14-9-15-24-47)61(53)62(54)68(56(52)39-50)57-37-46(33-34-64-57)63(4,5)6;/h7-37,40H,1-6H3;/q-3;. The van der Waals surface area contributed by atoms with Crippen molar-refractivity contribution >= 4 is 66.4 Å². The van der Waals surface area contributed by atoms with E-state index < -0.39 is 0 Å². The van der Waals surface area contributed by atoms with Crippen LogP contribution in [0, 0.1) is 39.6 Å². The molecule has 0 aliphatic carbocycles. The number of hydrogen-bond donors (Lipinski definition) is 0. The molecule has 0 radical (unpaired) electrons. The van der Waals surface area contributed by atoms with Crippen LogP contribution < -0.4 is 14.5 Å².